The molecule has 0 amide bonds. The number of aromatic nitrogens is 1. The zero-order valence-electron chi connectivity index (χ0n) is 27.6. The maximum absolute atomic E-state index is 6.66. The first kappa shape index (κ1) is 43.8. The van der Waals surface area contributed by atoms with Crippen LogP contribution in [0.25, 0.3) is 0 Å². The number of aliphatic imine (C=N–C) groups is 2. The molecule has 0 aliphatic rings. The second kappa shape index (κ2) is 18.6. The van der Waals surface area contributed by atoms with Crippen LogP contribution in [0.15, 0.2) is 46.4 Å². The number of rotatable bonds is 8. The van der Waals surface area contributed by atoms with Crippen LogP contribution in [-0.2, 0) is 18.6 Å². The fraction of sp³-hybridized carbons (Fsp3) is 0.457. The van der Waals surface area contributed by atoms with E-state index >= 15 is 0 Å². The van der Waals surface area contributed by atoms with E-state index in [1.807, 2.05) is 26.0 Å². The molecule has 3 rings (SSSR count). The Kier molecular flexibility index (Phi) is 18.9. The third-order valence-corrected chi connectivity index (χ3v) is 7.42. The maximum Gasteiger partial charge on any atom is 3.00 e. The predicted molar refractivity (Wildman–Crippen MR) is 172 cm³/mol. The fourth-order valence-corrected chi connectivity index (χ4v) is 5.21. The predicted octanol–water partition coefficient (Wildman–Crippen LogP) is 2.14. The molecular formula is C35H46Cl4N3V. The van der Waals surface area contributed by atoms with Crippen molar-refractivity contribution >= 4 is 34.4 Å². The van der Waals surface area contributed by atoms with E-state index in [-0.39, 0.29) is 55.8 Å². The monoisotopic (exact) mass is 699 g/mol. The molecule has 0 spiro atoms. The zero-order chi connectivity index (χ0) is 29.2. The Balaban J connectivity index is 0. The summed E-state index contributed by atoms with van der Waals surface area (Å²) in [4.78, 5) is 15.4. The van der Waals surface area contributed by atoms with E-state index in [1.54, 1.807) is 0 Å². The van der Waals surface area contributed by atoms with Crippen molar-refractivity contribution in [2.24, 2.45) is 9.98 Å². The molecule has 2 aromatic carbocycles. The van der Waals surface area contributed by atoms with E-state index in [4.69, 9.17) is 26.6 Å². The van der Waals surface area contributed by atoms with Crippen molar-refractivity contribution in [3.05, 3.63) is 86.2 Å². The van der Waals surface area contributed by atoms with Crippen LogP contribution in [0, 0.1) is 13.8 Å². The Morgan fingerprint density at radius 3 is 1.05 bits per heavy atom. The summed E-state index contributed by atoms with van der Waals surface area (Å²) in [5.41, 5.74) is 12.9. The van der Waals surface area contributed by atoms with Gasteiger partial charge in [0.2, 0.25) is 0 Å². The standard InChI is InChI=1S/C35H46ClN3.3ClH.V/c1-19(2)28-13-23(9)14-29(20(3)4)34(28)37-25(11)32-17-27(36)18-33(39-32)26(12)38-35-30(21(5)6)15-24(10)16-31(35)22(7)8;;;;/h13-22H,1-12H3;3*1H;/q;;;;+3/p-3. The molecule has 0 saturated carbocycles. The molecule has 43 heavy (non-hydrogen) atoms. The number of hydrogen-bond acceptors (Lipinski definition) is 3. The van der Waals surface area contributed by atoms with Crippen LogP contribution < -0.4 is 37.2 Å². The Hall–Kier alpha value is -1.33. The van der Waals surface area contributed by atoms with Crippen molar-refractivity contribution in [1.29, 1.82) is 0 Å². The summed E-state index contributed by atoms with van der Waals surface area (Å²) >= 11 is 6.66. The molecule has 0 fully saturated rings. The van der Waals surface area contributed by atoms with Crippen LogP contribution in [0.2, 0.25) is 5.02 Å². The number of halogens is 4. The van der Waals surface area contributed by atoms with E-state index in [2.05, 4.69) is 93.5 Å². The second-order valence-corrected chi connectivity index (χ2v) is 12.6. The molecule has 0 saturated heterocycles. The van der Waals surface area contributed by atoms with Gasteiger partial charge in [-0.3, -0.25) is 9.98 Å². The Labute approximate surface area is 296 Å². The van der Waals surface area contributed by atoms with Crippen molar-refractivity contribution in [3.63, 3.8) is 0 Å². The van der Waals surface area contributed by atoms with Crippen LogP contribution in [-0.4, -0.2) is 16.4 Å². The van der Waals surface area contributed by atoms with Crippen LogP contribution in [0.4, 0.5) is 11.4 Å². The van der Waals surface area contributed by atoms with Gasteiger partial charge in [-0.05, 0) is 85.8 Å². The zero-order valence-corrected chi connectivity index (χ0v) is 32.0. The van der Waals surface area contributed by atoms with Crippen molar-refractivity contribution in [3.8, 4) is 0 Å². The average Bonchev–Trinajstić information content (AvgIpc) is 2.84. The topological polar surface area (TPSA) is 37.6 Å². The molecule has 0 aliphatic carbocycles. The quantitative estimate of drug-likeness (QED) is 0.332. The van der Waals surface area contributed by atoms with Gasteiger partial charge in [0.15, 0.2) is 0 Å². The van der Waals surface area contributed by atoms with E-state index in [9.17, 15) is 0 Å². The van der Waals surface area contributed by atoms with Crippen molar-refractivity contribution < 1.29 is 55.8 Å². The first-order valence-electron chi connectivity index (χ1n) is 14.3. The van der Waals surface area contributed by atoms with E-state index in [0.29, 0.717) is 28.7 Å². The third kappa shape index (κ3) is 10.9. The molecule has 0 N–H and O–H groups in total. The molecular weight excluding hydrogens is 655 g/mol. The summed E-state index contributed by atoms with van der Waals surface area (Å²) in [6.07, 6.45) is 0. The molecule has 1 aromatic heterocycles. The van der Waals surface area contributed by atoms with Crippen molar-refractivity contribution in [1.82, 2.24) is 4.98 Å². The number of pyridine rings is 1. The number of aryl methyl sites for hydroxylation is 2. The summed E-state index contributed by atoms with van der Waals surface area (Å²) in [7, 11) is 0. The summed E-state index contributed by atoms with van der Waals surface area (Å²) in [5, 5.41) is 0.633. The van der Waals surface area contributed by atoms with Gasteiger partial charge in [-0.15, -0.1) is 0 Å². The minimum Gasteiger partial charge on any atom is -1.00 e. The molecule has 8 heteroatoms. The van der Waals surface area contributed by atoms with Gasteiger partial charge in [0.05, 0.1) is 34.2 Å². The van der Waals surface area contributed by atoms with Gasteiger partial charge < -0.3 is 37.2 Å². The van der Waals surface area contributed by atoms with E-state index < -0.39 is 0 Å². The Bertz CT molecular complexity index is 1260. The minimum absolute atomic E-state index is 0. The van der Waals surface area contributed by atoms with Crippen LogP contribution in [0.5, 0.6) is 0 Å². The van der Waals surface area contributed by atoms with Gasteiger partial charge >= 0.3 is 18.6 Å². The SMILES string of the molecule is CC(=Nc1c(C(C)C)cc(C)cc1C(C)C)c1cc(Cl)cc(C(C)=Nc2c(C(C)C)cc(C)cc2C(C)C)n1.[Cl-].[Cl-].[Cl-].[V+3]. The molecule has 0 radical (unpaired) electrons. The van der Waals surface area contributed by atoms with Gasteiger partial charge in [0.1, 0.15) is 0 Å². The second-order valence-electron chi connectivity index (χ2n) is 12.2. The van der Waals surface area contributed by atoms with Gasteiger partial charge in [-0.1, -0.05) is 102 Å². The van der Waals surface area contributed by atoms with Gasteiger partial charge in [0, 0.05) is 5.02 Å². The summed E-state index contributed by atoms with van der Waals surface area (Å²) in [6, 6.07) is 12.8. The van der Waals surface area contributed by atoms with Crippen molar-refractivity contribution in [2.45, 2.75) is 107 Å². The van der Waals surface area contributed by atoms with Crippen LogP contribution >= 0.6 is 11.6 Å². The molecule has 3 aromatic rings. The first-order chi connectivity index (χ1) is 18.2. The van der Waals surface area contributed by atoms with Crippen LogP contribution in [0.3, 0.4) is 0 Å². The molecule has 3 nitrogen and oxygen atoms in total. The maximum atomic E-state index is 6.66. The minimum atomic E-state index is 0. The fourth-order valence-electron chi connectivity index (χ4n) is 5.01. The van der Waals surface area contributed by atoms with Gasteiger partial charge in [0.25, 0.3) is 0 Å². The molecule has 0 aliphatic heterocycles. The first-order valence-corrected chi connectivity index (χ1v) is 14.6. The molecule has 234 valence electrons. The number of hydrogen-bond donors (Lipinski definition) is 0. The largest absolute Gasteiger partial charge is 3.00 e. The van der Waals surface area contributed by atoms with Gasteiger partial charge in [-0.25, -0.2) is 4.98 Å². The van der Waals surface area contributed by atoms with Gasteiger partial charge in [-0.2, -0.15) is 0 Å². The number of nitrogens with zero attached hydrogens (tertiary/aromatic N) is 3. The third-order valence-electron chi connectivity index (χ3n) is 7.20. The Morgan fingerprint density at radius 2 is 0.814 bits per heavy atom. The average molecular weight is 702 g/mol. The van der Waals surface area contributed by atoms with E-state index in [0.717, 1.165) is 34.2 Å². The molecule has 0 unspecified atom stereocenters. The molecule has 1 heterocycles. The molecule has 0 atom stereocenters. The number of benzene rings is 2. The summed E-state index contributed by atoms with van der Waals surface area (Å²) in [5.74, 6) is 1.47. The van der Waals surface area contributed by atoms with Crippen LogP contribution in [0.1, 0.15) is 138 Å². The van der Waals surface area contributed by atoms with Crippen molar-refractivity contribution in [2.75, 3.05) is 0 Å². The Morgan fingerprint density at radius 1 is 0.558 bits per heavy atom. The smallest absolute Gasteiger partial charge is 1.00 e. The molecule has 0 bridgehead atoms. The summed E-state index contributed by atoms with van der Waals surface area (Å²) in [6.45, 7) is 26.2. The summed E-state index contributed by atoms with van der Waals surface area (Å²) < 4.78 is 0. The normalized spacial score (nSPS) is 11.7. The van der Waals surface area contributed by atoms with E-state index in [1.165, 1.54) is 33.4 Å².